The summed E-state index contributed by atoms with van der Waals surface area (Å²) in [6.07, 6.45) is 8.71. The van der Waals surface area contributed by atoms with Gasteiger partial charge in [0.05, 0.1) is 70.7 Å². The molecule has 0 radical (unpaired) electrons. The van der Waals surface area contributed by atoms with Crippen molar-refractivity contribution in [3.05, 3.63) is 110 Å². The number of fused-ring (bicyclic) bond motifs is 2. The number of aliphatic hydroxyl groups excluding tert-OH is 2. The van der Waals surface area contributed by atoms with E-state index in [1.54, 1.807) is 37.2 Å². The van der Waals surface area contributed by atoms with E-state index in [0.717, 1.165) is 73.9 Å². The minimum absolute atomic E-state index is 0. The summed E-state index contributed by atoms with van der Waals surface area (Å²) in [5.41, 5.74) is 5.23. The maximum Gasteiger partial charge on any atom is 0.256 e. The van der Waals surface area contributed by atoms with Gasteiger partial charge in [-0.15, -0.1) is 12.4 Å². The van der Waals surface area contributed by atoms with Crippen LogP contribution in [0.5, 0.6) is 0 Å². The molecule has 2 amide bonds. The maximum absolute atomic E-state index is 13.8. The predicted octanol–water partition coefficient (Wildman–Crippen LogP) is 6.56. The molecule has 6 aromatic rings. The highest BCUT2D eigenvalue weighted by Crippen LogP contribution is 2.38. The number of benzene rings is 2. The molecule has 0 spiro atoms. The Kier molecular flexibility index (Phi) is 17.7. The van der Waals surface area contributed by atoms with Crippen LogP contribution < -0.4 is 19.7 Å². The van der Waals surface area contributed by atoms with Crippen molar-refractivity contribution in [2.45, 2.75) is 77.7 Å². The monoisotopic (exact) mass is 1140 g/mol. The number of sulfonamides is 2. The van der Waals surface area contributed by atoms with Crippen LogP contribution in [0.4, 0.5) is 17.2 Å². The minimum atomic E-state index is -3.59. The number of carbonyl (C=O) groups excluding carboxylic acids is 2. The van der Waals surface area contributed by atoms with Crippen molar-refractivity contribution in [3.63, 3.8) is 0 Å². The zero-order chi connectivity index (χ0) is 52.7. The molecule has 10 rings (SSSR count). The first kappa shape index (κ1) is 56.7. The molecule has 0 aliphatic carbocycles. The van der Waals surface area contributed by atoms with Crippen molar-refractivity contribution in [1.82, 2.24) is 44.3 Å². The van der Waals surface area contributed by atoms with Crippen LogP contribution in [0.25, 0.3) is 11.3 Å². The highest BCUT2D eigenvalue weighted by Gasteiger charge is 2.37. The number of likely N-dealkylation sites (tertiary alicyclic amines) is 2. The fraction of sp³-hybridized carbons (Fsp3) is 0.458. The van der Waals surface area contributed by atoms with E-state index in [0.29, 0.717) is 58.4 Å². The SMILES string of the molecule is Cc1cn2nc([C@@H]3CC[C@H](C)CN3C(=O)c3cc(Cl)ccc3NS(C)(=O)=O)cc2nc1Cl.Cc1cn2nc([C@@H]3CC[C@H](C)CN3C(=O)c3cc(Cl)ccc3NS(C)(=O)=O)cc2nc1N1CC(O)C1.Cl.OC1CNC1. The first-order valence-corrected chi connectivity index (χ1v) is 28.7. The average molecular weight is 1140 g/mol. The van der Waals surface area contributed by atoms with Crippen LogP contribution in [-0.2, 0) is 20.0 Å². The van der Waals surface area contributed by atoms with Gasteiger partial charge in [-0.3, -0.25) is 19.0 Å². The Labute approximate surface area is 451 Å². The van der Waals surface area contributed by atoms with Crippen LogP contribution in [-0.4, -0.2) is 142 Å². The third-order valence-corrected chi connectivity index (χ3v) is 15.0. The fourth-order valence-corrected chi connectivity index (χ4v) is 10.9. The smallest absolute Gasteiger partial charge is 0.256 e. The summed E-state index contributed by atoms with van der Waals surface area (Å²) < 4.78 is 55.7. The second-order valence-electron chi connectivity index (χ2n) is 19.5. The van der Waals surface area contributed by atoms with Gasteiger partial charge in [-0.1, -0.05) is 48.7 Å². The molecule has 5 N–H and O–H groups in total. The third-order valence-electron chi connectivity index (χ3n) is 13.0. The molecule has 8 heterocycles. The van der Waals surface area contributed by atoms with E-state index in [2.05, 4.69) is 38.7 Å². The second kappa shape index (κ2) is 23.1. The van der Waals surface area contributed by atoms with Crippen LogP contribution >= 0.6 is 47.2 Å². The number of aromatic nitrogens is 6. The molecule has 4 atom stereocenters. The van der Waals surface area contributed by atoms with E-state index in [9.17, 15) is 31.5 Å². The molecule has 20 nitrogen and oxygen atoms in total. The number of amides is 2. The van der Waals surface area contributed by atoms with Crippen LogP contribution in [0, 0.1) is 25.7 Å². The quantitative estimate of drug-likeness (QED) is 0.0963. The first-order valence-electron chi connectivity index (χ1n) is 23.8. The molecule has 4 saturated heterocycles. The Morgan fingerprint density at radius 1 is 0.649 bits per heavy atom. The molecular formula is C48H60Cl4N12O8S2. The Morgan fingerprint density at radius 2 is 1.08 bits per heavy atom. The molecule has 0 bridgehead atoms. The van der Waals surface area contributed by atoms with E-state index in [1.807, 2.05) is 37.1 Å². The maximum atomic E-state index is 13.8. The molecule has 4 aliphatic rings. The minimum Gasteiger partial charge on any atom is -0.390 e. The summed E-state index contributed by atoms with van der Waals surface area (Å²) in [6, 6.07) is 12.2. The van der Waals surface area contributed by atoms with Gasteiger partial charge in [0.1, 0.15) is 11.0 Å². The highest BCUT2D eigenvalue weighted by molar-refractivity contribution is 7.92. The number of hydrogen-bond acceptors (Lipinski definition) is 14. The molecular weight excluding hydrogens is 1080 g/mol. The molecule has 26 heteroatoms. The molecule has 4 aliphatic heterocycles. The Hall–Kier alpha value is -5.04. The van der Waals surface area contributed by atoms with Gasteiger partial charge < -0.3 is 30.2 Å². The van der Waals surface area contributed by atoms with Crippen molar-refractivity contribution < 1.29 is 36.6 Å². The highest BCUT2D eigenvalue weighted by atomic mass is 35.5. The van der Waals surface area contributed by atoms with Crippen molar-refractivity contribution in [2.75, 3.05) is 66.1 Å². The Bertz CT molecular complexity index is 3240. The lowest BCUT2D eigenvalue weighted by Gasteiger charge is -2.38. The van der Waals surface area contributed by atoms with Crippen LogP contribution in [0.2, 0.25) is 15.2 Å². The van der Waals surface area contributed by atoms with E-state index in [4.69, 9.17) is 50.0 Å². The number of β-amino-alcohol motifs (C(OH)–C–C–N with tert-alkyl or cyclic N) is 2. The summed E-state index contributed by atoms with van der Waals surface area (Å²) in [7, 11) is -7.17. The van der Waals surface area contributed by atoms with Gasteiger partial charge >= 0.3 is 0 Å². The lowest BCUT2D eigenvalue weighted by Crippen LogP contribution is -2.51. The summed E-state index contributed by atoms with van der Waals surface area (Å²) in [6.45, 7) is 11.7. The van der Waals surface area contributed by atoms with Crippen LogP contribution in [0.3, 0.4) is 0 Å². The lowest BCUT2D eigenvalue weighted by atomic mass is 9.91. The number of aliphatic hydroxyl groups is 2. The van der Waals surface area contributed by atoms with Crippen molar-refractivity contribution in [1.29, 1.82) is 0 Å². The van der Waals surface area contributed by atoms with Crippen molar-refractivity contribution in [3.8, 4) is 0 Å². The molecule has 0 unspecified atom stereocenters. The molecule has 0 saturated carbocycles. The van der Waals surface area contributed by atoms with E-state index < -0.39 is 20.0 Å². The van der Waals surface area contributed by atoms with Gasteiger partial charge in [0, 0.05) is 85.0 Å². The fourth-order valence-electron chi connectivity index (χ4n) is 9.22. The average Bonchev–Trinajstić information content (AvgIpc) is 3.90. The zero-order valence-electron chi connectivity index (χ0n) is 41.5. The number of aryl methyl sites for hydroxylation is 2. The standard InChI is InChI=1S/C24H29ClN6O4S.C21H23Cl2N5O3S.C3H7NO.ClH/c1-14-4-7-21(20-9-22-26-23(29-12-17(32)13-29)15(2)11-31(22)27-20)30(10-14)24(33)18-8-16(25)5-6-19(18)28-36(3,34)35;1-12-4-7-18(17-9-19-24-20(23)13(2)11-28(19)25-17)27(10-12)21(29)15-8-14(22)5-6-16(15)26-32(3,30)31;5-3-1-4-2-3;/h5-6,8-9,11,14,17,21,28,32H,4,7,10,12-13H2,1-3H3;5-6,8-9,11-12,18,26H,4,7,10H2,1-3H3;3-5H,1-2H2;1H/t14-,21-;12-,18-;;/m00../s1. The van der Waals surface area contributed by atoms with Gasteiger partial charge in [-0.2, -0.15) is 10.2 Å². The Morgan fingerprint density at radius 3 is 1.49 bits per heavy atom. The number of rotatable bonds is 9. The molecule has 74 heavy (non-hydrogen) atoms. The number of anilines is 3. The molecule has 400 valence electrons. The third kappa shape index (κ3) is 13.5. The van der Waals surface area contributed by atoms with E-state index in [-0.39, 0.29) is 82.9 Å². The summed E-state index contributed by atoms with van der Waals surface area (Å²) >= 11 is 18.5. The molecule has 2 aromatic carbocycles. The second-order valence-corrected chi connectivity index (χ2v) is 24.2. The number of piperidine rings is 2. The molecule has 4 fully saturated rings. The van der Waals surface area contributed by atoms with Crippen molar-refractivity contribution >= 4 is 108 Å². The summed E-state index contributed by atoms with van der Waals surface area (Å²) in [5.74, 6) is 0.760. The number of nitrogens with one attached hydrogen (secondary N) is 3. The number of nitrogens with zero attached hydrogens (tertiary/aromatic N) is 9. The normalized spacial score (nSPS) is 20.3. The zero-order valence-corrected chi connectivity index (χ0v) is 46.3. The van der Waals surface area contributed by atoms with Gasteiger partial charge in [-0.25, -0.2) is 35.8 Å². The summed E-state index contributed by atoms with van der Waals surface area (Å²) in [5, 5.41) is 31.5. The van der Waals surface area contributed by atoms with Crippen molar-refractivity contribution in [2.24, 2.45) is 11.8 Å². The van der Waals surface area contributed by atoms with E-state index >= 15 is 0 Å². The predicted molar refractivity (Wildman–Crippen MR) is 289 cm³/mol. The van der Waals surface area contributed by atoms with E-state index in [1.165, 1.54) is 24.3 Å². The number of carbonyl (C=O) groups is 2. The summed E-state index contributed by atoms with van der Waals surface area (Å²) in [4.78, 5) is 42.2. The molecule has 4 aromatic heterocycles. The lowest BCUT2D eigenvalue weighted by molar-refractivity contribution is 0.0532. The number of halogens is 4. The number of hydrogen-bond donors (Lipinski definition) is 5. The Balaban J connectivity index is 0.000000196. The van der Waals surface area contributed by atoms with Gasteiger partial charge in [0.2, 0.25) is 20.0 Å². The van der Waals surface area contributed by atoms with Crippen LogP contribution in [0.1, 0.15) is 94.8 Å². The van der Waals surface area contributed by atoms with Gasteiger partial charge in [0.15, 0.2) is 11.3 Å². The van der Waals surface area contributed by atoms with Gasteiger partial charge in [-0.05, 0) is 87.8 Å². The first-order chi connectivity index (χ1) is 34.4. The van der Waals surface area contributed by atoms with Crippen LogP contribution in [0.15, 0.2) is 60.9 Å². The largest absolute Gasteiger partial charge is 0.390 e. The topological polar surface area (TPSA) is 249 Å². The van der Waals surface area contributed by atoms with Gasteiger partial charge in [0.25, 0.3) is 11.8 Å².